The summed E-state index contributed by atoms with van der Waals surface area (Å²) in [6, 6.07) is 8.49. The molecule has 0 amide bonds. The van der Waals surface area contributed by atoms with Crippen LogP contribution in [-0.2, 0) is 24.2 Å². The monoisotopic (exact) mass is 343 g/mol. The molecule has 1 unspecified atom stereocenters. The maximum atomic E-state index is 10.0. The van der Waals surface area contributed by atoms with E-state index in [1.165, 1.54) is 16.7 Å². The summed E-state index contributed by atoms with van der Waals surface area (Å²) >= 11 is 0. The highest BCUT2D eigenvalue weighted by Crippen LogP contribution is 2.24. The number of rotatable bonds is 7. The van der Waals surface area contributed by atoms with E-state index in [0.717, 1.165) is 39.0 Å². The van der Waals surface area contributed by atoms with Crippen LogP contribution < -0.4 is 0 Å². The Morgan fingerprint density at radius 2 is 2.04 bits per heavy atom. The first-order valence-electron chi connectivity index (χ1n) is 9.16. The van der Waals surface area contributed by atoms with Crippen LogP contribution >= 0.6 is 0 Å². The summed E-state index contributed by atoms with van der Waals surface area (Å²) in [7, 11) is 0. The fourth-order valence-electron chi connectivity index (χ4n) is 3.49. The van der Waals surface area contributed by atoms with Gasteiger partial charge in [0.25, 0.3) is 0 Å². The molecule has 5 heteroatoms. The first-order valence-corrected chi connectivity index (χ1v) is 9.16. The van der Waals surface area contributed by atoms with Crippen molar-refractivity contribution >= 4 is 0 Å². The summed E-state index contributed by atoms with van der Waals surface area (Å²) in [6.07, 6.45) is 5.89. The maximum absolute atomic E-state index is 10.0. The molecule has 5 nitrogen and oxygen atoms in total. The molecule has 1 aromatic heterocycles. The first kappa shape index (κ1) is 18.1. The van der Waals surface area contributed by atoms with Crippen molar-refractivity contribution in [3.63, 3.8) is 0 Å². The SMILES string of the molecule is CCCn1cc(CN2CCOC(CO)(Cc3ccc(C)cc3)C2)cn1. The minimum atomic E-state index is -0.521. The summed E-state index contributed by atoms with van der Waals surface area (Å²) < 4.78 is 8.05. The molecule has 3 rings (SSSR count). The molecule has 1 saturated heterocycles. The zero-order valence-electron chi connectivity index (χ0n) is 15.3. The van der Waals surface area contributed by atoms with Gasteiger partial charge in [-0.3, -0.25) is 9.58 Å². The largest absolute Gasteiger partial charge is 0.393 e. The van der Waals surface area contributed by atoms with Gasteiger partial charge in [0.15, 0.2) is 0 Å². The number of benzene rings is 1. The highest BCUT2D eigenvalue weighted by atomic mass is 16.5. The van der Waals surface area contributed by atoms with E-state index in [0.29, 0.717) is 6.61 Å². The minimum Gasteiger partial charge on any atom is -0.393 e. The van der Waals surface area contributed by atoms with Gasteiger partial charge in [-0.05, 0) is 18.9 Å². The predicted octanol–water partition coefficient (Wildman–Crippen LogP) is 2.41. The Kier molecular flexibility index (Phi) is 5.89. The van der Waals surface area contributed by atoms with Crippen molar-refractivity contribution in [2.45, 2.75) is 45.4 Å². The molecule has 2 heterocycles. The van der Waals surface area contributed by atoms with Crippen LogP contribution in [0.4, 0.5) is 0 Å². The number of aromatic nitrogens is 2. The number of morpholine rings is 1. The van der Waals surface area contributed by atoms with E-state index in [-0.39, 0.29) is 6.61 Å². The summed E-state index contributed by atoms with van der Waals surface area (Å²) in [5.41, 5.74) is 3.15. The number of aliphatic hydroxyl groups excluding tert-OH is 1. The van der Waals surface area contributed by atoms with Gasteiger partial charge in [-0.15, -0.1) is 0 Å². The number of hydrogen-bond donors (Lipinski definition) is 1. The van der Waals surface area contributed by atoms with Gasteiger partial charge < -0.3 is 9.84 Å². The van der Waals surface area contributed by atoms with Crippen LogP contribution in [0.25, 0.3) is 0 Å². The average molecular weight is 343 g/mol. The Labute approximate surface area is 150 Å². The third-order valence-corrected chi connectivity index (χ3v) is 4.81. The summed E-state index contributed by atoms with van der Waals surface area (Å²) in [5.74, 6) is 0. The number of hydrogen-bond acceptors (Lipinski definition) is 4. The molecule has 1 aromatic carbocycles. The normalized spacial score (nSPS) is 21.6. The van der Waals surface area contributed by atoms with E-state index in [1.807, 2.05) is 10.9 Å². The van der Waals surface area contributed by atoms with Crippen molar-refractivity contribution in [3.05, 3.63) is 53.3 Å². The van der Waals surface area contributed by atoms with Crippen molar-refractivity contribution in [2.24, 2.45) is 0 Å². The molecule has 1 N–H and O–H groups in total. The zero-order chi connectivity index (χ0) is 17.7. The Morgan fingerprint density at radius 3 is 2.76 bits per heavy atom. The molecule has 0 aliphatic carbocycles. The van der Waals surface area contributed by atoms with Gasteiger partial charge in [-0.2, -0.15) is 5.10 Å². The Morgan fingerprint density at radius 1 is 1.24 bits per heavy atom. The van der Waals surface area contributed by atoms with E-state index in [1.54, 1.807) is 0 Å². The molecule has 25 heavy (non-hydrogen) atoms. The van der Waals surface area contributed by atoms with Crippen LogP contribution in [0.15, 0.2) is 36.7 Å². The Balaban J connectivity index is 1.65. The number of aliphatic hydroxyl groups is 1. The van der Waals surface area contributed by atoms with Crippen LogP contribution in [0.1, 0.15) is 30.0 Å². The second-order valence-electron chi connectivity index (χ2n) is 7.17. The van der Waals surface area contributed by atoms with Crippen molar-refractivity contribution in [2.75, 3.05) is 26.3 Å². The average Bonchev–Trinajstić information content (AvgIpc) is 3.05. The van der Waals surface area contributed by atoms with Crippen molar-refractivity contribution < 1.29 is 9.84 Å². The van der Waals surface area contributed by atoms with E-state index in [9.17, 15) is 5.11 Å². The highest BCUT2D eigenvalue weighted by molar-refractivity contribution is 5.23. The third kappa shape index (κ3) is 4.69. The molecule has 0 bridgehead atoms. The smallest absolute Gasteiger partial charge is 0.108 e. The van der Waals surface area contributed by atoms with Crippen molar-refractivity contribution in [1.29, 1.82) is 0 Å². The first-order chi connectivity index (χ1) is 12.1. The van der Waals surface area contributed by atoms with Crippen LogP contribution in [0.2, 0.25) is 0 Å². The molecule has 1 aliphatic heterocycles. The van der Waals surface area contributed by atoms with E-state index >= 15 is 0 Å². The fraction of sp³-hybridized carbons (Fsp3) is 0.550. The van der Waals surface area contributed by atoms with Crippen molar-refractivity contribution in [3.8, 4) is 0 Å². The van der Waals surface area contributed by atoms with Gasteiger partial charge in [0, 0.05) is 44.4 Å². The topological polar surface area (TPSA) is 50.5 Å². The van der Waals surface area contributed by atoms with Crippen LogP contribution in [0.3, 0.4) is 0 Å². The molecule has 1 atom stereocenters. The fourth-order valence-corrected chi connectivity index (χ4v) is 3.49. The lowest BCUT2D eigenvalue weighted by Gasteiger charge is -2.42. The van der Waals surface area contributed by atoms with Gasteiger partial charge in [-0.1, -0.05) is 36.8 Å². The van der Waals surface area contributed by atoms with Gasteiger partial charge in [-0.25, -0.2) is 0 Å². The molecule has 2 aromatic rings. The second kappa shape index (κ2) is 8.13. The van der Waals surface area contributed by atoms with E-state index < -0.39 is 5.60 Å². The number of ether oxygens (including phenoxy) is 1. The molecule has 136 valence electrons. The van der Waals surface area contributed by atoms with Gasteiger partial charge in [0.2, 0.25) is 0 Å². The second-order valence-corrected chi connectivity index (χ2v) is 7.17. The predicted molar refractivity (Wildman–Crippen MR) is 98.4 cm³/mol. The minimum absolute atomic E-state index is 0.0342. The Bertz CT molecular complexity index is 668. The van der Waals surface area contributed by atoms with Gasteiger partial charge >= 0.3 is 0 Å². The lowest BCUT2D eigenvalue weighted by Crippen LogP contribution is -2.55. The maximum Gasteiger partial charge on any atom is 0.108 e. The van der Waals surface area contributed by atoms with E-state index in [4.69, 9.17) is 4.74 Å². The van der Waals surface area contributed by atoms with Crippen LogP contribution in [0.5, 0.6) is 0 Å². The highest BCUT2D eigenvalue weighted by Gasteiger charge is 2.36. The lowest BCUT2D eigenvalue weighted by molar-refractivity contribution is -0.134. The summed E-state index contributed by atoms with van der Waals surface area (Å²) in [5, 5.41) is 14.5. The molecule has 1 aliphatic rings. The zero-order valence-corrected chi connectivity index (χ0v) is 15.3. The summed E-state index contributed by atoms with van der Waals surface area (Å²) in [4.78, 5) is 2.36. The quantitative estimate of drug-likeness (QED) is 0.839. The molecular formula is C20H29N3O2. The molecule has 0 saturated carbocycles. The van der Waals surface area contributed by atoms with Crippen LogP contribution in [0, 0.1) is 6.92 Å². The molecule has 1 fully saturated rings. The summed E-state index contributed by atoms with van der Waals surface area (Å²) in [6.45, 7) is 8.35. The lowest BCUT2D eigenvalue weighted by atomic mass is 9.92. The van der Waals surface area contributed by atoms with E-state index in [2.05, 4.69) is 54.3 Å². The third-order valence-electron chi connectivity index (χ3n) is 4.81. The molecular weight excluding hydrogens is 314 g/mol. The Hall–Kier alpha value is -1.69. The van der Waals surface area contributed by atoms with Crippen molar-refractivity contribution in [1.82, 2.24) is 14.7 Å². The van der Waals surface area contributed by atoms with Gasteiger partial charge in [0.1, 0.15) is 5.60 Å². The van der Waals surface area contributed by atoms with Gasteiger partial charge in [0.05, 0.1) is 19.4 Å². The standard InChI is InChI=1S/C20H29N3O2/c1-3-8-23-14-19(12-21-23)13-22-9-10-25-20(15-22,16-24)11-18-6-4-17(2)5-7-18/h4-7,12,14,24H,3,8-11,13,15-16H2,1-2H3. The number of aryl methyl sites for hydroxylation is 2. The number of nitrogens with zero attached hydrogens (tertiary/aromatic N) is 3. The molecule has 0 spiro atoms. The molecule has 0 radical (unpaired) electrons. The van der Waals surface area contributed by atoms with Crippen LogP contribution in [-0.4, -0.2) is 51.7 Å².